The van der Waals surface area contributed by atoms with Gasteiger partial charge in [-0.05, 0) is 12.1 Å². The van der Waals surface area contributed by atoms with E-state index < -0.39 is 0 Å². The molecule has 0 radical (unpaired) electrons. The van der Waals surface area contributed by atoms with E-state index in [0.29, 0.717) is 30.5 Å². The smallest absolute Gasteiger partial charge is 0.203 e. The summed E-state index contributed by atoms with van der Waals surface area (Å²) in [6.45, 7) is 1.87. The average Bonchev–Trinajstić information content (AvgIpc) is 3.21. The van der Waals surface area contributed by atoms with Crippen LogP contribution >= 0.6 is 0 Å². The molecule has 0 aliphatic carbocycles. The zero-order valence-electron chi connectivity index (χ0n) is 10.9. The fraction of sp³-hybridized carbons (Fsp3) is 0.538. The van der Waals surface area contributed by atoms with E-state index in [1.165, 1.54) is 0 Å². The van der Waals surface area contributed by atoms with E-state index in [1.54, 1.807) is 21.3 Å². The summed E-state index contributed by atoms with van der Waals surface area (Å²) in [5, 5.41) is 0. The SMILES string of the molecule is COc1ccc(COC[C@@H]2CO2)c(OC)c1OC. The Balaban J connectivity index is 2.11. The van der Waals surface area contributed by atoms with Crippen LogP contribution in [0, 0.1) is 0 Å². The Kier molecular flexibility index (Phi) is 4.28. The van der Waals surface area contributed by atoms with Crippen molar-refractivity contribution in [1.82, 2.24) is 0 Å². The van der Waals surface area contributed by atoms with Gasteiger partial charge in [0.1, 0.15) is 6.10 Å². The van der Waals surface area contributed by atoms with Gasteiger partial charge in [0, 0.05) is 5.56 Å². The van der Waals surface area contributed by atoms with Crippen LogP contribution in [-0.4, -0.2) is 40.6 Å². The normalized spacial score (nSPS) is 17.4. The zero-order valence-corrected chi connectivity index (χ0v) is 10.9. The first-order valence-corrected chi connectivity index (χ1v) is 5.77. The third-order valence-electron chi connectivity index (χ3n) is 2.75. The second-order valence-electron chi connectivity index (χ2n) is 3.96. The highest BCUT2D eigenvalue weighted by atomic mass is 16.6. The first kappa shape index (κ1) is 13.0. The maximum absolute atomic E-state index is 5.56. The van der Waals surface area contributed by atoms with Gasteiger partial charge in [-0.2, -0.15) is 0 Å². The molecule has 1 saturated heterocycles. The van der Waals surface area contributed by atoms with Crippen molar-refractivity contribution < 1.29 is 23.7 Å². The van der Waals surface area contributed by atoms with Crippen LogP contribution in [0.3, 0.4) is 0 Å². The number of methoxy groups -OCH3 is 3. The molecule has 0 bridgehead atoms. The molecule has 0 aromatic heterocycles. The summed E-state index contributed by atoms with van der Waals surface area (Å²) in [6.07, 6.45) is 0.260. The number of ether oxygens (including phenoxy) is 5. The third kappa shape index (κ3) is 2.86. The highest BCUT2D eigenvalue weighted by Gasteiger charge is 2.23. The number of benzene rings is 1. The molecule has 0 amide bonds. The molecule has 1 atom stereocenters. The molecule has 18 heavy (non-hydrogen) atoms. The largest absolute Gasteiger partial charge is 0.493 e. The Morgan fingerprint density at radius 1 is 1.11 bits per heavy atom. The Morgan fingerprint density at radius 3 is 2.39 bits per heavy atom. The van der Waals surface area contributed by atoms with Crippen molar-refractivity contribution in [2.45, 2.75) is 12.7 Å². The van der Waals surface area contributed by atoms with Gasteiger partial charge in [0.15, 0.2) is 11.5 Å². The first-order chi connectivity index (χ1) is 8.80. The highest BCUT2D eigenvalue weighted by Crippen LogP contribution is 2.39. The fourth-order valence-electron chi connectivity index (χ4n) is 1.74. The average molecular weight is 254 g/mol. The van der Waals surface area contributed by atoms with Gasteiger partial charge in [-0.3, -0.25) is 0 Å². The van der Waals surface area contributed by atoms with Crippen molar-refractivity contribution in [2.75, 3.05) is 34.5 Å². The van der Waals surface area contributed by atoms with E-state index in [4.69, 9.17) is 23.7 Å². The predicted molar refractivity (Wildman–Crippen MR) is 65.5 cm³/mol. The Bertz CT molecular complexity index is 401. The van der Waals surface area contributed by atoms with Crippen LogP contribution in [-0.2, 0) is 16.1 Å². The molecular weight excluding hydrogens is 236 g/mol. The maximum atomic E-state index is 5.56. The van der Waals surface area contributed by atoms with Gasteiger partial charge in [0.2, 0.25) is 5.75 Å². The predicted octanol–water partition coefficient (Wildman–Crippen LogP) is 1.63. The van der Waals surface area contributed by atoms with Crippen molar-refractivity contribution in [2.24, 2.45) is 0 Å². The molecule has 5 heteroatoms. The molecule has 0 spiro atoms. The maximum Gasteiger partial charge on any atom is 0.203 e. The molecule has 0 N–H and O–H groups in total. The van der Waals surface area contributed by atoms with Crippen LogP contribution in [0.15, 0.2) is 12.1 Å². The topological polar surface area (TPSA) is 49.5 Å². The van der Waals surface area contributed by atoms with Crippen LogP contribution < -0.4 is 14.2 Å². The lowest BCUT2D eigenvalue weighted by Crippen LogP contribution is -2.04. The highest BCUT2D eigenvalue weighted by molar-refractivity contribution is 5.55. The molecule has 0 unspecified atom stereocenters. The lowest BCUT2D eigenvalue weighted by molar-refractivity contribution is 0.102. The summed E-state index contributed by atoms with van der Waals surface area (Å²) >= 11 is 0. The lowest BCUT2D eigenvalue weighted by atomic mass is 10.2. The van der Waals surface area contributed by atoms with Crippen molar-refractivity contribution in [3.63, 3.8) is 0 Å². The summed E-state index contributed by atoms with van der Waals surface area (Å²) in [7, 11) is 4.78. The third-order valence-corrected chi connectivity index (χ3v) is 2.75. The minimum atomic E-state index is 0.260. The molecule has 0 saturated carbocycles. The van der Waals surface area contributed by atoms with E-state index in [0.717, 1.165) is 12.2 Å². The second kappa shape index (κ2) is 5.93. The Hall–Kier alpha value is -1.46. The van der Waals surface area contributed by atoms with E-state index in [9.17, 15) is 0 Å². The molecule has 1 aliphatic rings. The monoisotopic (exact) mass is 254 g/mol. The van der Waals surface area contributed by atoms with Crippen molar-refractivity contribution in [3.8, 4) is 17.2 Å². The molecule has 2 rings (SSSR count). The van der Waals surface area contributed by atoms with E-state index in [-0.39, 0.29) is 6.10 Å². The van der Waals surface area contributed by atoms with Crippen molar-refractivity contribution in [3.05, 3.63) is 17.7 Å². The van der Waals surface area contributed by atoms with Gasteiger partial charge in [-0.25, -0.2) is 0 Å². The molecule has 5 nitrogen and oxygen atoms in total. The van der Waals surface area contributed by atoms with Gasteiger partial charge in [-0.1, -0.05) is 0 Å². The first-order valence-electron chi connectivity index (χ1n) is 5.77. The number of rotatable bonds is 7. The van der Waals surface area contributed by atoms with Gasteiger partial charge in [0.05, 0.1) is 41.2 Å². The summed E-state index contributed by atoms with van der Waals surface area (Å²) in [4.78, 5) is 0. The quantitative estimate of drug-likeness (QED) is 0.692. The molecule has 100 valence electrons. The van der Waals surface area contributed by atoms with Crippen LogP contribution in [0.4, 0.5) is 0 Å². The second-order valence-corrected chi connectivity index (χ2v) is 3.96. The van der Waals surface area contributed by atoms with E-state index >= 15 is 0 Å². The van der Waals surface area contributed by atoms with Crippen LogP contribution in [0.2, 0.25) is 0 Å². The molecular formula is C13H18O5. The van der Waals surface area contributed by atoms with Gasteiger partial charge >= 0.3 is 0 Å². The summed E-state index contributed by atoms with van der Waals surface area (Å²) in [6, 6.07) is 3.75. The number of hydrogen-bond donors (Lipinski definition) is 0. The van der Waals surface area contributed by atoms with Crippen LogP contribution in [0.5, 0.6) is 17.2 Å². The minimum Gasteiger partial charge on any atom is -0.493 e. The lowest BCUT2D eigenvalue weighted by Gasteiger charge is -2.15. The summed E-state index contributed by atoms with van der Waals surface area (Å²) in [5.41, 5.74) is 0.927. The Morgan fingerprint density at radius 2 is 1.83 bits per heavy atom. The van der Waals surface area contributed by atoms with Crippen LogP contribution in [0.25, 0.3) is 0 Å². The molecule has 1 heterocycles. The van der Waals surface area contributed by atoms with Crippen molar-refractivity contribution in [1.29, 1.82) is 0 Å². The minimum absolute atomic E-state index is 0.260. The number of hydrogen-bond acceptors (Lipinski definition) is 5. The fourth-order valence-corrected chi connectivity index (χ4v) is 1.74. The van der Waals surface area contributed by atoms with E-state index in [1.807, 2.05) is 12.1 Å². The summed E-state index contributed by atoms with van der Waals surface area (Å²) in [5.74, 6) is 1.88. The number of epoxide rings is 1. The Labute approximate surface area is 107 Å². The molecule has 1 aliphatic heterocycles. The summed E-state index contributed by atoms with van der Waals surface area (Å²) < 4.78 is 26.5. The van der Waals surface area contributed by atoms with E-state index in [2.05, 4.69) is 0 Å². The van der Waals surface area contributed by atoms with Gasteiger partial charge in [0.25, 0.3) is 0 Å². The molecule has 1 aromatic rings. The zero-order chi connectivity index (χ0) is 13.0. The van der Waals surface area contributed by atoms with Gasteiger partial charge in [-0.15, -0.1) is 0 Å². The van der Waals surface area contributed by atoms with Crippen LogP contribution in [0.1, 0.15) is 5.56 Å². The molecule has 1 aromatic carbocycles. The van der Waals surface area contributed by atoms with Gasteiger partial charge < -0.3 is 23.7 Å². The molecule has 1 fully saturated rings. The van der Waals surface area contributed by atoms with Crippen molar-refractivity contribution >= 4 is 0 Å². The standard InChI is InChI=1S/C13H18O5/c1-14-11-5-4-9(6-17-7-10-8-18-10)12(15-2)13(11)16-3/h4-5,10H,6-8H2,1-3H3/t10-/m1/s1.